The molecule has 4 nitrogen and oxygen atoms in total. The second kappa shape index (κ2) is 7.71. The van der Waals surface area contributed by atoms with Crippen molar-refractivity contribution in [3.8, 4) is 5.75 Å². The van der Waals surface area contributed by atoms with Crippen LogP contribution >= 0.6 is 0 Å². The zero-order valence-electron chi connectivity index (χ0n) is 14.4. The van der Waals surface area contributed by atoms with Gasteiger partial charge >= 0.3 is 0 Å². The lowest BCUT2D eigenvalue weighted by Gasteiger charge is -2.22. The van der Waals surface area contributed by atoms with Crippen LogP contribution in [0.25, 0.3) is 0 Å². The Kier molecular flexibility index (Phi) is 5.19. The summed E-state index contributed by atoms with van der Waals surface area (Å²) in [7, 11) is 1.62. The molecule has 3 rings (SSSR count). The molecular weight excluding hydrogens is 314 g/mol. The van der Waals surface area contributed by atoms with Gasteiger partial charge in [0.15, 0.2) is 0 Å². The summed E-state index contributed by atoms with van der Waals surface area (Å²) in [5.74, 6) is 1.51. The summed E-state index contributed by atoms with van der Waals surface area (Å²) < 4.78 is 10.7. The van der Waals surface area contributed by atoms with Crippen molar-refractivity contribution in [2.24, 2.45) is 0 Å². The van der Waals surface area contributed by atoms with Gasteiger partial charge in [0.1, 0.15) is 11.5 Å². The molecule has 0 aliphatic carbocycles. The van der Waals surface area contributed by atoms with Crippen molar-refractivity contribution in [1.29, 1.82) is 0 Å². The van der Waals surface area contributed by atoms with E-state index in [-0.39, 0.29) is 5.91 Å². The molecule has 0 atom stereocenters. The lowest BCUT2D eigenvalue weighted by Crippen LogP contribution is -2.31. The molecule has 3 aromatic rings. The van der Waals surface area contributed by atoms with Crippen molar-refractivity contribution in [3.63, 3.8) is 0 Å². The van der Waals surface area contributed by atoms with E-state index in [1.54, 1.807) is 18.3 Å². The summed E-state index contributed by atoms with van der Waals surface area (Å²) in [4.78, 5) is 14.7. The number of nitrogens with zero attached hydrogens (tertiary/aromatic N) is 1. The van der Waals surface area contributed by atoms with E-state index >= 15 is 0 Å². The lowest BCUT2D eigenvalue weighted by molar-refractivity contribution is -0.118. The number of amides is 1. The fourth-order valence-corrected chi connectivity index (χ4v) is 2.66. The van der Waals surface area contributed by atoms with Crippen LogP contribution < -0.4 is 9.64 Å². The van der Waals surface area contributed by atoms with Gasteiger partial charge in [0, 0.05) is 5.69 Å². The Balaban J connectivity index is 1.84. The maximum atomic E-state index is 13.0. The molecule has 0 N–H and O–H groups in total. The summed E-state index contributed by atoms with van der Waals surface area (Å²) in [5.41, 5.74) is 2.93. The highest BCUT2D eigenvalue weighted by Crippen LogP contribution is 2.21. The second-order valence-corrected chi connectivity index (χ2v) is 5.92. The Morgan fingerprint density at radius 2 is 1.88 bits per heavy atom. The topological polar surface area (TPSA) is 42.7 Å². The van der Waals surface area contributed by atoms with Gasteiger partial charge in [0.25, 0.3) is 0 Å². The van der Waals surface area contributed by atoms with Crippen molar-refractivity contribution >= 4 is 11.6 Å². The Morgan fingerprint density at radius 1 is 1.08 bits per heavy atom. The van der Waals surface area contributed by atoms with E-state index in [1.807, 2.05) is 67.6 Å². The first-order valence-corrected chi connectivity index (χ1v) is 8.18. The molecule has 0 fully saturated rings. The van der Waals surface area contributed by atoms with E-state index in [0.29, 0.717) is 13.0 Å². The number of aryl methyl sites for hydroxylation is 1. The molecule has 2 aromatic carbocycles. The molecule has 0 saturated heterocycles. The Morgan fingerprint density at radius 3 is 2.56 bits per heavy atom. The highest BCUT2D eigenvalue weighted by molar-refractivity contribution is 5.94. The highest BCUT2D eigenvalue weighted by Gasteiger charge is 2.18. The summed E-state index contributed by atoms with van der Waals surface area (Å²) in [6, 6.07) is 19.2. The van der Waals surface area contributed by atoms with Gasteiger partial charge < -0.3 is 14.1 Å². The number of ether oxygens (including phenoxy) is 1. The molecular formula is C21H21NO3. The maximum Gasteiger partial charge on any atom is 0.231 e. The normalized spacial score (nSPS) is 10.5. The number of anilines is 1. The van der Waals surface area contributed by atoms with E-state index in [0.717, 1.165) is 28.3 Å². The van der Waals surface area contributed by atoms with E-state index < -0.39 is 0 Å². The first-order chi connectivity index (χ1) is 12.2. The van der Waals surface area contributed by atoms with Crippen LogP contribution in [-0.2, 0) is 17.8 Å². The van der Waals surface area contributed by atoms with Gasteiger partial charge in [-0.25, -0.2) is 0 Å². The van der Waals surface area contributed by atoms with Crippen LogP contribution in [0.2, 0.25) is 0 Å². The largest absolute Gasteiger partial charge is 0.497 e. The molecule has 0 saturated carbocycles. The van der Waals surface area contributed by atoms with Crippen LogP contribution in [0.3, 0.4) is 0 Å². The molecule has 0 unspecified atom stereocenters. The van der Waals surface area contributed by atoms with Crippen LogP contribution in [0.15, 0.2) is 71.3 Å². The third-order valence-corrected chi connectivity index (χ3v) is 4.03. The summed E-state index contributed by atoms with van der Waals surface area (Å²) in [6.07, 6.45) is 1.92. The van der Waals surface area contributed by atoms with Crippen molar-refractivity contribution in [2.45, 2.75) is 19.9 Å². The van der Waals surface area contributed by atoms with Crippen LogP contribution in [0.4, 0.5) is 5.69 Å². The third kappa shape index (κ3) is 4.29. The number of benzene rings is 2. The zero-order chi connectivity index (χ0) is 17.6. The summed E-state index contributed by atoms with van der Waals surface area (Å²) in [6.45, 7) is 2.43. The minimum absolute atomic E-state index is 0.00788. The SMILES string of the molecule is COc1cccc(CC(=O)N(Cc2ccco2)c2ccc(C)cc2)c1. The summed E-state index contributed by atoms with van der Waals surface area (Å²) in [5, 5.41) is 0. The minimum atomic E-state index is 0.00788. The molecule has 0 radical (unpaired) electrons. The molecule has 0 spiro atoms. The fourth-order valence-electron chi connectivity index (χ4n) is 2.66. The van der Waals surface area contributed by atoms with Crippen LogP contribution in [0, 0.1) is 6.92 Å². The van der Waals surface area contributed by atoms with Gasteiger partial charge in [0.05, 0.1) is 26.3 Å². The minimum Gasteiger partial charge on any atom is -0.497 e. The zero-order valence-corrected chi connectivity index (χ0v) is 14.4. The molecule has 25 heavy (non-hydrogen) atoms. The maximum absolute atomic E-state index is 13.0. The second-order valence-electron chi connectivity index (χ2n) is 5.92. The van der Waals surface area contributed by atoms with E-state index in [1.165, 1.54) is 0 Å². The number of hydrogen-bond donors (Lipinski definition) is 0. The highest BCUT2D eigenvalue weighted by atomic mass is 16.5. The van der Waals surface area contributed by atoms with Gasteiger partial charge in [-0.15, -0.1) is 0 Å². The van der Waals surface area contributed by atoms with Gasteiger partial charge in [-0.3, -0.25) is 4.79 Å². The van der Waals surface area contributed by atoms with E-state index in [4.69, 9.17) is 9.15 Å². The molecule has 1 amide bonds. The van der Waals surface area contributed by atoms with Gasteiger partial charge in [-0.05, 0) is 48.9 Å². The molecule has 1 aromatic heterocycles. The monoisotopic (exact) mass is 335 g/mol. The summed E-state index contributed by atoms with van der Waals surface area (Å²) >= 11 is 0. The lowest BCUT2D eigenvalue weighted by atomic mass is 10.1. The van der Waals surface area contributed by atoms with Crippen LogP contribution in [-0.4, -0.2) is 13.0 Å². The standard InChI is InChI=1S/C21H21NO3/c1-16-8-10-18(11-9-16)22(15-20-7-4-12-25-20)21(23)14-17-5-3-6-19(13-17)24-2/h3-13H,14-15H2,1-2H3. The Labute approximate surface area is 147 Å². The number of methoxy groups -OCH3 is 1. The van der Waals surface area contributed by atoms with Crippen LogP contribution in [0.1, 0.15) is 16.9 Å². The average Bonchev–Trinajstić information content (AvgIpc) is 3.14. The van der Waals surface area contributed by atoms with Gasteiger partial charge in [0.2, 0.25) is 5.91 Å². The first-order valence-electron chi connectivity index (χ1n) is 8.18. The number of carbonyl (C=O) groups is 1. The molecule has 4 heteroatoms. The first kappa shape index (κ1) is 16.8. The smallest absolute Gasteiger partial charge is 0.231 e. The number of furan rings is 1. The molecule has 0 aliphatic rings. The van der Waals surface area contributed by atoms with E-state index in [2.05, 4.69) is 0 Å². The molecule has 1 heterocycles. The predicted octanol–water partition coefficient (Wildman–Crippen LogP) is 4.37. The predicted molar refractivity (Wildman–Crippen MR) is 97.8 cm³/mol. The van der Waals surface area contributed by atoms with Gasteiger partial charge in [-0.2, -0.15) is 0 Å². The molecule has 128 valence electrons. The van der Waals surface area contributed by atoms with Crippen molar-refractivity contribution in [2.75, 3.05) is 12.0 Å². The third-order valence-electron chi connectivity index (χ3n) is 4.03. The quantitative estimate of drug-likeness (QED) is 0.672. The van der Waals surface area contributed by atoms with Crippen molar-refractivity contribution in [1.82, 2.24) is 0 Å². The van der Waals surface area contributed by atoms with Crippen LogP contribution in [0.5, 0.6) is 5.75 Å². The average molecular weight is 335 g/mol. The molecule has 0 bridgehead atoms. The number of rotatable bonds is 6. The number of carbonyl (C=O) groups excluding carboxylic acids is 1. The Bertz CT molecular complexity index is 823. The fraction of sp³-hybridized carbons (Fsp3) is 0.190. The van der Waals surface area contributed by atoms with Crippen molar-refractivity contribution < 1.29 is 13.9 Å². The van der Waals surface area contributed by atoms with E-state index in [9.17, 15) is 4.79 Å². The van der Waals surface area contributed by atoms with Gasteiger partial charge in [-0.1, -0.05) is 29.8 Å². The Hall–Kier alpha value is -3.01. The molecule has 0 aliphatic heterocycles. The number of hydrogen-bond acceptors (Lipinski definition) is 3. The van der Waals surface area contributed by atoms with Crippen molar-refractivity contribution in [3.05, 3.63) is 83.8 Å².